The normalized spacial score (nSPS) is 26.2. The second-order valence-corrected chi connectivity index (χ2v) is 14.1. The van der Waals surface area contributed by atoms with E-state index in [1.54, 1.807) is 43.1 Å². The molecular weight excluding hydrogens is 418 g/mol. The van der Waals surface area contributed by atoms with Gasteiger partial charge >= 0.3 is 0 Å². The fourth-order valence-electron chi connectivity index (χ4n) is 6.31. The number of benzene rings is 1. The first-order chi connectivity index (χ1) is 15.7. The van der Waals surface area contributed by atoms with E-state index in [2.05, 4.69) is 6.92 Å². The maximum Gasteiger partial charge on any atom is 0.165 e. The molecule has 0 amide bonds. The van der Waals surface area contributed by atoms with E-state index >= 15 is 0 Å². The molecule has 182 valence electrons. The van der Waals surface area contributed by atoms with Gasteiger partial charge in [-0.15, -0.1) is 0 Å². The van der Waals surface area contributed by atoms with E-state index in [1.165, 1.54) is 57.8 Å². The van der Waals surface area contributed by atoms with E-state index in [1.807, 2.05) is 6.07 Å². The molecule has 1 aliphatic heterocycles. The van der Waals surface area contributed by atoms with Crippen molar-refractivity contribution < 1.29 is 13.5 Å². The Labute approximate surface area is 197 Å². The lowest BCUT2D eigenvalue weighted by Gasteiger charge is -2.37. The van der Waals surface area contributed by atoms with Crippen LogP contribution >= 0.6 is 0 Å². The summed E-state index contributed by atoms with van der Waals surface area (Å²) in [5.41, 5.74) is 1.02. The molecule has 2 aliphatic rings. The van der Waals surface area contributed by atoms with Crippen LogP contribution in [-0.4, -0.2) is 22.1 Å². The highest BCUT2D eigenvalue weighted by Crippen LogP contribution is 2.42. The van der Waals surface area contributed by atoms with Gasteiger partial charge in [-0.1, -0.05) is 88.9 Å². The Hall–Kier alpha value is -0.903. The van der Waals surface area contributed by atoms with Gasteiger partial charge in [0.25, 0.3) is 0 Å². The van der Waals surface area contributed by atoms with Crippen molar-refractivity contribution in [2.45, 2.75) is 109 Å². The fraction of sp³-hybridized carbons (Fsp3) is 0.786. The van der Waals surface area contributed by atoms with Gasteiger partial charge in [0, 0.05) is 8.80 Å². The summed E-state index contributed by atoms with van der Waals surface area (Å²) < 4.78 is 31.3. The highest BCUT2D eigenvalue weighted by Gasteiger charge is 2.30. The molecule has 32 heavy (non-hydrogen) atoms. The molecule has 1 aromatic carbocycles. The van der Waals surface area contributed by atoms with E-state index in [4.69, 9.17) is 4.74 Å². The van der Waals surface area contributed by atoms with Crippen molar-refractivity contribution in [1.82, 2.24) is 0 Å². The molecule has 1 saturated heterocycles. The number of unbranched alkanes of at least 4 members (excludes halogenated alkanes) is 3. The number of ether oxygens (including phenoxy) is 1. The Morgan fingerprint density at radius 2 is 1.69 bits per heavy atom. The van der Waals surface area contributed by atoms with Gasteiger partial charge < -0.3 is 4.74 Å². The van der Waals surface area contributed by atoms with Crippen LogP contribution in [0.2, 0.25) is 18.1 Å². The minimum atomic E-state index is -0.592. The number of hydrogen-bond acceptors (Lipinski definition) is 1. The summed E-state index contributed by atoms with van der Waals surface area (Å²) in [5, 5.41) is 0. The highest BCUT2D eigenvalue weighted by molar-refractivity contribution is 6.58. The summed E-state index contributed by atoms with van der Waals surface area (Å²) in [4.78, 5) is 0. The smallest absolute Gasteiger partial charge is 0.165 e. The Bertz CT molecular complexity index is 636. The number of alkyl halides is 1. The van der Waals surface area contributed by atoms with E-state index in [9.17, 15) is 8.78 Å². The molecule has 0 unspecified atom stereocenters. The van der Waals surface area contributed by atoms with Crippen LogP contribution in [-0.2, 0) is 6.42 Å². The van der Waals surface area contributed by atoms with Crippen molar-refractivity contribution in [1.29, 1.82) is 0 Å². The van der Waals surface area contributed by atoms with Crippen molar-refractivity contribution in [2.24, 2.45) is 17.8 Å². The van der Waals surface area contributed by atoms with Crippen molar-refractivity contribution in [3.05, 3.63) is 29.6 Å². The monoisotopic (exact) mass is 464 g/mol. The zero-order valence-electron chi connectivity index (χ0n) is 20.4. The predicted molar refractivity (Wildman–Crippen MR) is 135 cm³/mol. The Morgan fingerprint density at radius 3 is 2.38 bits per heavy atom. The number of aryl methyl sites for hydroxylation is 1. The average Bonchev–Trinajstić information content (AvgIpc) is 2.82. The number of rotatable bonds is 13. The number of hydrogen-bond donors (Lipinski definition) is 0. The maximum atomic E-state index is 14.0. The first-order valence-electron chi connectivity index (χ1n) is 13.7. The first-order valence-corrected chi connectivity index (χ1v) is 16.1. The average molecular weight is 465 g/mol. The van der Waals surface area contributed by atoms with Crippen molar-refractivity contribution >= 4 is 8.80 Å². The van der Waals surface area contributed by atoms with Crippen LogP contribution in [0.4, 0.5) is 8.78 Å². The molecule has 0 radical (unpaired) electrons. The van der Waals surface area contributed by atoms with Gasteiger partial charge in [-0.2, -0.15) is 0 Å². The summed E-state index contributed by atoms with van der Waals surface area (Å²) in [5.74, 6) is 2.79. The molecule has 1 nitrogen and oxygen atoms in total. The third kappa shape index (κ3) is 8.46. The summed E-state index contributed by atoms with van der Waals surface area (Å²) in [7, 11) is -0.365. The molecule has 0 spiro atoms. The largest absolute Gasteiger partial charge is 0.488 e. The Balaban J connectivity index is 1.26. The van der Waals surface area contributed by atoms with Crippen LogP contribution in [0.1, 0.15) is 89.5 Å². The van der Waals surface area contributed by atoms with Gasteiger partial charge in [-0.25, -0.2) is 8.78 Å². The standard InChI is InChI=1S/C28H46F2OSi/c1-2-3-6-19-32-20-15-26(16-21-32)25-12-9-23(10-13-25)7-4-5-8-24-11-14-28(27(30)22-24)31-18-17-29/h11,14,22-23,25-26,32H,2-10,12-13,15-21H2,1H3. The van der Waals surface area contributed by atoms with Crippen LogP contribution in [0.3, 0.4) is 0 Å². The molecule has 1 heterocycles. The summed E-state index contributed by atoms with van der Waals surface area (Å²) >= 11 is 0. The molecule has 0 atom stereocenters. The van der Waals surface area contributed by atoms with E-state index in [0.29, 0.717) is 0 Å². The lowest BCUT2D eigenvalue weighted by Crippen LogP contribution is -2.28. The molecule has 0 bridgehead atoms. The van der Waals surface area contributed by atoms with Gasteiger partial charge in [-0.05, 0) is 61.1 Å². The van der Waals surface area contributed by atoms with Crippen molar-refractivity contribution in [3.63, 3.8) is 0 Å². The fourth-order valence-corrected chi connectivity index (χ4v) is 9.84. The van der Waals surface area contributed by atoms with Crippen LogP contribution in [0.5, 0.6) is 5.75 Å². The van der Waals surface area contributed by atoms with E-state index in [0.717, 1.165) is 36.2 Å². The summed E-state index contributed by atoms with van der Waals surface area (Å²) in [6, 6.07) is 10.0. The molecule has 2 fully saturated rings. The van der Waals surface area contributed by atoms with Gasteiger partial charge in [-0.3, -0.25) is 0 Å². The lowest BCUT2D eigenvalue weighted by molar-refractivity contribution is 0.184. The molecule has 1 saturated carbocycles. The van der Waals surface area contributed by atoms with Crippen molar-refractivity contribution in [2.75, 3.05) is 13.3 Å². The summed E-state index contributed by atoms with van der Waals surface area (Å²) in [6.45, 7) is 1.65. The zero-order chi connectivity index (χ0) is 22.6. The molecule has 4 heteroatoms. The van der Waals surface area contributed by atoms with Gasteiger partial charge in [0.15, 0.2) is 11.6 Å². The SMILES string of the molecule is CCCCC[SiH]1CCC(C2CCC(CCCCc3ccc(OCCF)c(F)c3)CC2)CC1. The second-order valence-electron chi connectivity index (χ2n) is 10.6. The topological polar surface area (TPSA) is 9.23 Å². The quantitative estimate of drug-likeness (QED) is 0.210. The van der Waals surface area contributed by atoms with E-state index < -0.39 is 6.67 Å². The molecular formula is C28H46F2OSi. The second kappa shape index (κ2) is 14.4. The molecule has 3 rings (SSSR count). The summed E-state index contributed by atoms with van der Waals surface area (Å²) in [6.07, 6.45) is 17.9. The predicted octanol–water partition coefficient (Wildman–Crippen LogP) is 8.52. The minimum absolute atomic E-state index is 0.0828. The Kier molecular flexibility index (Phi) is 11.6. The first kappa shape index (κ1) is 25.7. The van der Waals surface area contributed by atoms with Gasteiger partial charge in [0.05, 0.1) is 0 Å². The van der Waals surface area contributed by atoms with Gasteiger partial charge in [0.1, 0.15) is 13.3 Å². The lowest BCUT2D eigenvalue weighted by atomic mass is 9.73. The molecule has 0 aromatic heterocycles. The molecule has 0 N–H and O–H groups in total. The molecule has 1 aromatic rings. The van der Waals surface area contributed by atoms with Crippen LogP contribution in [0.15, 0.2) is 18.2 Å². The number of halogens is 2. The van der Waals surface area contributed by atoms with Crippen LogP contribution in [0.25, 0.3) is 0 Å². The maximum absolute atomic E-state index is 14.0. The third-order valence-electron chi connectivity index (χ3n) is 8.32. The highest BCUT2D eigenvalue weighted by atomic mass is 28.3. The van der Waals surface area contributed by atoms with E-state index in [-0.39, 0.29) is 27.0 Å². The minimum Gasteiger partial charge on any atom is -0.488 e. The molecule has 1 aliphatic carbocycles. The Morgan fingerprint density at radius 1 is 0.938 bits per heavy atom. The zero-order valence-corrected chi connectivity index (χ0v) is 21.6. The van der Waals surface area contributed by atoms with Crippen molar-refractivity contribution in [3.8, 4) is 5.75 Å². The van der Waals surface area contributed by atoms with Crippen LogP contribution in [0, 0.1) is 23.6 Å². The third-order valence-corrected chi connectivity index (χ3v) is 11.8. The van der Waals surface area contributed by atoms with Gasteiger partial charge in [0.2, 0.25) is 0 Å². The van der Waals surface area contributed by atoms with Crippen LogP contribution < -0.4 is 4.74 Å².